The van der Waals surface area contributed by atoms with Gasteiger partial charge in [-0.05, 0) is 62.8 Å². The maximum atomic E-state index is 2.69. The molecular formula is C28H41I. The second-order valence-corrected chi connectivity index (χ2v) is 13.9. The van der Waals surface area contributed by atoms with E-state index in [0.717, 1.165) is 12.3 Å². The standard InChI is InChI=1S/C28H41I/c1-17-11-23-22(15-21(28(8,9)10)16-24(23)25(17)29)18-12-19(26(2,3)4)14-20(13-18)27(5,6)7/h12,14-18,25H,11,13H2,1-10H3/t17-,18-,25?/m0/s1. The second-order valence-electron chi connectivity index (χ2n) is 12.6. The molecule has 2 aliphatic rings. The Morgan fingerprint density at radius 1 is 0.793 bits per heavy atom. The molecule has 1 aromatic rings. The Morgan fingerprint density at radius 2 is 1.38 bits per heavy atom. The Balaban J connectivity index is 2.20. The summed E-state index contributed by atoms with van der Waals surface area (Å²) in [5, 5.41) is 0. The zero-order valence-corrected chi connectivity index (χ0v) is 22.5. The van der Waals surface area contributed by atoms with Crippen LogP contribution in [-0.2, 0) is 11.8 Å². The maximum Gasteiger partial charge on any atom is 0.0391 e. The van der Waals surface area contributed by atoms with Crippen molar-refractivity contribution in [3.05, 3.63) is 57.7 Å². The zero-order chi connectivity index (χ0) is 21.9. The molecule has 160 valence electrons. The van der Waals surface area contributed by atoms with Crippen molar-refractivity contribution in [2.75, 3.05) is 0 Å². The van der Waals surface area contributed by atoms with Crippen LogP contribution < -0.4 is 0 Å². The molecule has 0 nitrogen and oxygen atoms in total. The van der Waals surface area contributed by atoms with Crippen molar-refractivity contribution in [1.82, 2.24) is 0 Å². The lowest BCUT2D eigenvalue weighted by atomic mass is 9.70. The Hall–Kier alpha value is -0.570. The van der Waals surface area contributed by atoms with Crippen molar-refractivity contribution in [1.29, 1.82) is 0 Å². The molecule has 29 heavy (non-hydrogen) atoms. The minimum atomic E-state index is 0.180. The predicted octanol–water partition coefficient (Wildman–Crippen LogP) is 9.08. The van der Waals surface area contributed by atoms with Crippen LogP contribution in [0, 0.1) is 16.7 Å². The van der Waals surface area contributed by atoms with Gasteiger partial charge in [0.05, 0.1) is 0 Å². The highest BCUT2D eigenvalue weighted by Gasteiger charge is 2.35. The van der Waals surface area contributed by atoms with Crippen LogP contribution >= 0.6 is 22.6 Å². The molecule has 3 rings (SSSR count). The molecule has 0 bridgehead atoms. The predicted molar refractivity (Wildman–Crippen MR) is 137 cm³/mol. The molecule has 1 unspecified atom stereocenters. The normalized spacial score (nSPS) is 25.6. The van der Waals surface area contributed by atoms with Crippen molar-refractivity contribution < 1.29 is 0 Å². The van der Waals surface area contributed by atoms with E-state index in [-0.39, 0.29) is 16.2 Å². The van der Waals surface area contributed by atoms with Crippen LogP contribution in [0.15, 0.2) is 35.4 Å². The van der Waals surface area contributed by atoms with Gasteiger partial charge >= 0.3 is 0 Å². The van der Waals surface area contributed by atoms with E-state index in [1.165, 1.54) is 17.6 Å². The van der Waals surface area contributed by atoms with E-state index >= 15 is 0 Å². The van der Waals surface area contributed by atoms with Gasteiger partial charge in [0.25, 0.3) is 0 Å². The molecule has 0 heterocycles. The molecule has 0 aliphatic heterocycles. The van der Waals surface area contributed by atoms with Gasteiger partial charge in [0.15, 0.2) is 0 Å². The zero-order valence-electron chi connectivity index (χ0n) is 20.3. The van der Waals surface area contributed by atoms with E-state index in [1.807, 2.05) is 0 Å². The first-order chi connectivity index (χ1) is 13.1. The summed E-state index contributed by atoms with van der Waals surface area (Å²) in [6.07, 6.45) is 7.49. The highest BCUT2D eigenvalue weighted by atomic mass is 127. The molecule has 2 aliphatic carbocycles. The van der Waals surface area contributed by atoms with Gasteiger partial charge in [-0.2, -0.15) is 0 Å². The third-order valence-electron chi connectivity index (χ3n) is 6.89. The number of rotatable bonds is 1. The summed E-state index contributed by atoms with van der Waals surface area (Å²) >= 11 is 2.69. The lowest BCUT2D eigenvalue weighted by Crippen LogP contribution is -2.21. The summed E-state index contributed by atoms with van der Waals surface area (Å²) in [7, 11) is 0. The molecule has 0 radical (unpaired) electrons. The number of benzene rings is 1. The highest BCUT2D eigenvalue weighted by Crippen LogP contribution is 2.50. The van der Waals surface area contributed by atoms with Gasteiger partial charge < -0.3 is 0 Å². The van der Waals surface area contributed by atoms with Crippen LogP contribution in [0.5, 0.6) is 0 Å². The first kappa shape index (κ1) is 23.1. The Bertz CT molecular complexity index is 846. The average Bonchev–Trinajstić information content (AvgIpc) is 2.86. The quantitative estimate of drug-likeness (QED) is 0.264. The van der Waals surface area contributed by atoms with Crippen LogP contribution in [0.4, 0.5) is 0 Å². The molecule has 0 saturated heterocycles. The van der Waals surface area contributed by atoms with Gasteiger partial charge in [0.1, 0.15) is 0 Å². The fourth-order valence-electron chi connectivity index (χ4n) is 4.69. The monoisotopic (exact) mass is 504 g/mol. The largest absolute Gasteiger partial charge is 0.0771 e. The van der Waals surface area contributed by atoms with Crippen molar-refractivity contribution in [3.8, 4) is 0 Å². The number of hydrogen-bond donors (Lipinski definition) is 0. The van der Waals surface area contributed by atoms with Gasteiger partial charge in [0, 0.05) is 9.84 Å². The smallest absolute Gasteiger partial charge is 0.0391 e. The molecule has 0 aromatic heterocycles. The van der Waals surface area contributed by atoms with Crippen molar-refractivity contribution in [2.24, 2.45) is 16.7 Å². The first-order valence-electron chi connectivity index (χ1n) is 11.3. The van der Waals surface area contributed by atoms with Crippen molar-refractivity contribution in [2.45, 2.75) is 97.3 Å². The van der Waals surface area contributed by atoms with Gasteiger partial charge in [-0.3, -0.25) is 0 Å². The minimum absolute atomic E-state index is 0.180. The van der Waals surface area contributed by atoms with Gasteiger partial charge in [0.2, 0.25) is 0 Å². The molecule has 0 fully saturated rings. The molecular weight excluding hydrogens is 463 g/mol. The number of halogens is 1. The third kappa shape index (κ3) is 4.70. The van der Waals surface area contributed by atoms with Crippen molar-refractivity contribution in [3.63, 3.8) is 0 Å². The molecule has 0 spiro atoms. The topological polar surface area (TPSA) is 0 Å². The summed E-state index contributed by atoms with van der Waals surface area (Å²) in [5.74, 6) is 1.22. The van der Waals surface area contributed by atoms with Crippen LogP contribution in [-0.4, -0.2) is 0 Å². The fourth-order valence-corrected chi connectivity index (χ4v) is 5.50. The van der Waals surface area contributed by atoms with Gasteiger partial charge in [-0.1, -0.05) is 122 Å². The highest BCUT2D eigenvalue weighted by molar-refractivity contribution is 14.1. The molecule has 3 atom stereocenters. The van der Waals surface area contributed by atoms with E-state index in [4.69, 9.17) is 0 Å². The fraction of sp³-hybridized carbons (Fsp3) is 0.643. The molecule has 0 N–H and O–H groups in total. The molecule has 1 aromatic carbocycles. The summed E-state index contributed by atoms with van der Waals surface area (Å²) in [6.45, 7) is 23.7. The summed E-state index contributed by atoms with van der Waals surface area (Å²) < 4.78 is 0.635. The van der Waals surface area contributed by atoms with Gasteiger partial charge in [-0.15, -0.1) is 0 Å². The third-order valence-corrected chi connectivity index (χ3v) is 8.79. The number of allylic oxidation sites excluding steroid dienone is 4. The number of fused-ring (bicyclic) bond motifs is 1. The number of hydrogen-bond acceptors (Lipinski definition) is 0. The van der Waals surface area contributed by atoms with Gasteiger partial charge in [-0.25, -0.2) is 0 Å². The lowest BCUT2D eigenvalue weighted by Gasteiger charge is -2.35. The average molecular weight is 505 g/mol. The van der Waals surface area contributed by atoms with E-state index < -0.39 is 0 Å². The lowest BCUT2D eigenvalue weighted by molar-refractivity contribution is 0.454. The first-order valence-corrected chi connectivity index (χ1v) is 12.6. The Labute approximate surface area is 193 Å². The Kier molecular flexibility index (Phi) is 6.00. The molecule has 1 heteroatoms. The summed E-state index contributed by atoms with van der Waals surface area (Å²) in [4.78, 5) is 0. The summed E-state index contributed by atoms with van der Waals surface area (Å²) in [6, 6.07) is 5.09. The number of alkyl halides is 1. The van der Waals surface area contributed by atoms with Crippen LogP contribution in [0.1, 0.15) is 108 Å². The molecule has 0 saturated carbocycles. The molecule has 0 amide bonds. The second kappa shape index (κ2) is 7.53. The van der Waals surface area contributed by atoms with Crippen LogP contribution in [0.25, 0.3) is 0 Å². The van der Waals surface area contributed by atoms with E-state index in [2.05, 4.69) is 116 Å². The van der Waals surface area contributed by atoms with E-state index in [9.17, 15) is 0 Å². The minimum Gasteiger partial charge on any atom is -0.0771 e. The van der Waals surface area contributed by atoms with Crippen LogP contribution in [0.2, 0.25) is 0 Å². The van der Waals surface area contributed by atoms with E-state index in [0.29, 0.717) is 9.84 Å². The Morgan fingerprint density at radius 3 is 1.90 bits per heavy atom. The van der Waals surface area contributed by atoms with E-state index in [1.54, 1.807) is 22.3 Å². The SMILES string of the molecule is C[C@H]1Cc2c(cc(C(C)(C)C)cc2[C@H]2C=C(C(C)(C)C)C=C(C(C)(C)C)C2)C1I. The summed E-state index contributed by atoms with van der Waals surface area (Å²) in [5.41, 5.74) is 10.0. The van der Waals surface area contributed by atoms with Crippen molar-refractivity contribution >= 4 is 22.6 Å². The van der Waals surface area contributed by atoms with Crippen LogP contribution in [0.3, 0.4) is 0 Å². The maximum absolute atomic E-state index is 2.69.